The molecule has 9 heteroatoms. The number of pyridine rings is 1. The van der Waals surface area contributed by atoms with Crippen LogP contribution in [-0.2, 0) is 6.18 Å². The minimum atomic E-state index is -4.62. The Morgan fingerprint density at radius 2 is 1.94 bits per heavy atom. The normalized spacial score (nSPS) is 12.2. The summed E-state index contributed by atoms with van der Waals surface area (Å²) in [6, 6.07) is 9.80. The first-order valence-corrected chi connectivity index (χ1v) is 9.04. The summed E-state index contributed by atoms with van der Waals surface area (Å²) in [5, 5.41) is 6.73. The maximum absolute atomic E-state index is 13.6. The first-order valence-electron chi connectivity index (χ1n) is 9.04. The van der Waals surface area contributed by atoms with E-state index in [1.54, 1.807) is 18.2 Å². The Hall–Kier alpha value is -4.14. The summed E-state index contributed by atoms with van der Waals surface area (Å²) in [5.41, 5.74) is 5.81. The number of amides is 1. The average Bonchev–Trinajstić information content (AvgIpc) is 3.21. The number of carbonyl (C=O) groups excluding carboxylic acids is 1. The summed E-state index contributed by atoms with van der Waals surface area (Å²) in [5.74, 6) is -0.453. The molecule has 158 valence electrons. The zero-order valence-electron chi connectivity index (χ0n) is 16.2. The molecule has 0 aliphatic rings. The van der Waals surface area contributed by atoms with Gasteiger partial charge in [0.05, 0.1) is 11.4 Å². The Kier molecular flexibility index (Phi) is 6.35. The van der Waals surface area contributed by atoms with E-state index in [9.17, 15) is 18.0 Å². The molecular formula is C22H18F3N5O. The Morgan fingerprint density at radius 1 is 1.19 bits per heavy atom. The van der Waals surface area contributed by atoms with Crippen molar-refractivity contribution >= 4 is 5.91 Å². The van der Waals surface area contributed by atoms with Crippen molar-refractivity contribution in [3.8, 4) is 16.9 Å². The van der Waals surface area contributed by atoms with Crippen LogP contribution in [0.2, 0.25) is 0 Å². The molecule has 2 heterocycles. The SMILES string of the molecule is C=C/C=C(\C=C/N)NC(=O)c1ccc(-n2nc(-c3cccnc3)cc2C(F)(F)F)cc1. The van der Waals surface area contributed by atoms with Gasteiger partial charge in [-0.25, -0.2) is 4.68 Å². The van der Waals surface area contributed by atoms with E-state index in [2.05, 4.69) is 22.0 Å². The molecule has 0 unspecified atom stereocenters. The van der Waals surface area contributed by atoms with E-state index in [-0.39, 0.29) is 16.9 Å². The van der Waals surface area contributed by atoms with Crippen molar-refractivity contribution in [3.63, 3.8) is 0 Å². The molecule has 0 atom stereocenters. The molecule has 0 aliphatic carbocycles. The maximum atomic E-state index is 13.6. The molecule has 0 fully saturated rings. The molecule has 6 nitrogen and oxygen atoms in total. The fraction of sp³-hybridized carbons (Fsp3) is 0.0455. The second-order valence-electron chi connectivity index (χ2n) is 6.28. The number of rotatable bonds is 6. The van der Waals surface area contributed by atoms with Crippen LogP contribution in [0.25, 0.3) is 16.9 Å². The van der Waals surface area contributed by atoms with Gasteiger partial charge in [-0.15, -0.1) is 0 Å². The van der Waals surface area contributed by atoms with Crippen LogP contribution >= 0.6 is 0 Å². The number of nitrogens with zero attached hydrogens (tertiary/aromatic N) is 3. The number of carbonyl (C=O) groups is 1. The molecule has 0 bridgehead atoms. The van der Waals surface area contributed by atoms with Crippen molar-refractivity contribution in [3.05, 3.63) is 103 Å². The number of alkyl halides is 3. The van der Waals surface area contributed by atoms with Crippen molar-refractivity contribution in [2.75, 3.05) is 0 Å². The van der Waals surface area contributed by atoms with E-state index < -0.39 is 17.8 Å². The summed E-state index contributed by atoms with van der Waals surface area (Å²) in [4.78, 5) is 16.3. The number of aromatic nitrogens is 3. The maximum Gasteiger partial charge on any atom is 0.433 e. The van der Waals surface area contributed by atoms with E-state index in [0.717, 1.165) is 10.7 Å². The van der Waals surface area contributed by atoms with Crippen molar-refractivity contribution in [1.82, 2.24) is 20.1 Å². The monoisotopic (exact) mass is 425 g/mol. The molecule has 3 N–H and O–H groups in total. The molecule has 0 aliphatic heterocycles. The van der Waals surface area contributed by atoms with Crippen LogP contribution in [0.4, 0.5) is 13.2 Å². The van der Waals surface area contributed by atoms with Crippen LogP contribution in [0.1, 0.15) is 16.1 Å². The summed E-state index contributed by atoms with van der Waals surface area (Å²) in [7, 11) is 0. The Balaban J connectivity index is 1.93. The molecule has 0 spiro atoms. The number of hydrogen-bond donors (Lipinski definition) is 2. The van der Waals surface area contributed by atoms with Gasteiger partial charge < -0.3 is 11.1 Å². The molecule has 3 rings (SSSR count). The van der Waals surface area contributed by atoms with Crippen molar-refractivity contribution in [2.45, 2.75) is 6.18 Å². The molecule has 1 aromatic carbocycles. The van der Waals surface area contributed by atoms with Crippen LogP contribution in [0.5, 0.6) is 0 Å². The van der Waals surface area contributed by atoms with Gasteiger partial charge in [-0.3, -0.25) is 9.78 Å². The standard InChI is InChI=1S/C22H18F3N5O/c1-2-4-17(10-11-26)28-21(31)15-6-8-18(9-7-15)30-20(22(23,24)25)13-19(29-30)16-5-3-12-27-14-16/h2-14H,1,26H2,(H,28,31)/b11-10-,17-4+. The molecule has 2 aromatic heterocycles. The van der Waals surface area contributed by atoms with Gasteiger partial charge in [0.25, 0.3) is 5.91 Å². The van der Waals surface area contributed by atoms with Crippen molar-refractivity contribution < 1.29 is 18.0 Å². The Morgan fingerprint density at radius 3 is 2.52 bits per heavy atom. The summed E-state index contributed by atoms with van der Waals surface area (Å²) in [6.45, 7) is 3.55. The lowest BCUT2D eigenvalue weighted by atomic mass is 10.2. The molecule has 1 amide bonds. The van der Waals surface area contributed by atoms with E-state index in [4.69, 9.17) is 5.73 Å². The highest BCUT2D eigenvalue weighted by Gasteiger charge is 2.36. The highest BCUT2D eigenvalue weighted by molar-refractivity contribution is 5.95. The van der Waals surface area contributed by atoms with Crippen molar-refractivity contribution in [2.24, 2.45) is 5.73 Å². The Labute approximate surface area is 176 Å². The highest BCUT2D eigenvalue weighted by atomic mass is 19.4. The smallest absolute Gasteiger partial charge is 0.405 e. The summed E-state index contributed by atoms with van der Waals surface area (Å²) < 4.78 is 41.6. The summed E-state index contributed by atoms with van der Waals surface area (Å²) >= 11 is 0. The van der Waals surface area contributed by atoms with Crippen LogP contribution < -0.4 is 11.1 Å². The lowest BCUT2D eigenvalue weighted by Gasteiger charge is -2.11. The van der Waals surface area contributed by atoms with Gasteiger partial charge in [0.15, 0.2) is 0 Å². The zero-order valence-corrected chi connectivity index (χ0v) is 16.2. The van der Waals surface area contributed by atoms with Gasteiger partial charge in [0.2, 0.25) is 0 Å². The van der Waals surface area contributed by atoms with E-state index in [1.165, 1.54) is 55.0 Å². The first-order chi connectivity index (χ1) is 14.8. The molecule has 0 radical (unpaired) electrons. The number of nitrogens with one attached hydrogen (secondary N) is 1. The second-order valence-corrected chi connectivity index (χ2v) is 6.28. The van der Waals surface area contributed by atoms with Gasteiger partial charge in [-0.2, -0.15) is 18.3 Å². The fourth-order valence-corrected chi connectivity index (χ4v) is 2.76. The highest BCUT2D eigenvalue weighted by Crippen LogP contribution is 2.34. The van der Waals surface area contributed by atoms with Gasteiger partial charge in [0, 0.05) is 29.2 Å². The van der Waals surface area contributed by atoms with Crippen molar-refractivity contribution in [1.29, 1.82) is 0 Å². The van der Waals surface area contributed by atoms with Crippen LogP contribution in [0.3, 0.4) is 0 Å². The number of benzene rings is 1. The fourth-order valence-electron chi connectivity index (χ4n) is 2.76. The van der Waals surface area contributed by atoms with E-state index in [0.29, 0.717) is 11.3 Å². The van der Waals surface area contributed by atoms with Gasteiger partial charge in [-0.1, -0.05) is 12.7 Å². The molecule has 0 saturated heterocycles. The predicted molar refractivity (Wildman–Crippen MR) is 111 cm³/mol. The molecular weight excluding hydrogens is 407 g/mol. The predicted octanol–water partition coefficient (Wildman–Crippen LogP) is 4.23. The lowest BCUT2D eigenvalue weighted by Crippen LogP contribution is -2.22. The van der Waals surface area contributed by atoms with Crippen LogP contribution in [0, 0.1) is 0 Å². The third-order valence-electron chi connectivity index (χ3n) is 4.16. The number of nitrogens with two attached hydrogens (primary N) is 1. The third kappa shape index (κ3) is 5.08. The Bertz CT molecular complexity index is 1130. The van der Waals surface area contributed by atoms with E-state index >= 15 is 0 Å². The largest absolute Gasteiger partial charge is 0.433 e. The zero-order chi connectivity index (χ0) is 22.4. The molecule has 3 aromatic rings. The third-order valence-corrected chi connectivity index (χ3v) is 4.16. The number of halogens is 3. The average molecular weight is 425 g/mol. The lowest BCUT2D eigenvalue weighted by molar-refractivity contribution is -0.142. The minimum absolute atomic E-state index is 0.134. The van der Waals surface area contributed by atoms with Gasteiger partial charge in [0.1, 0.15) is 5.69 Å². The van der Waals surface area contributed by atoms with Crippen LogP contribution in [0.15, 0.2) is 91.6 Å². The molecule has 0 saturated carbocycles. The molecule has 31 heavy (non-hydrogen) atoms. The topological polar surface area (TPSA) is 85.8 Å². The second kappa shape index (κ2) is 9.12. The van der Waals surface area contributed by atoms with Gasteiger partial charge >= 0.3 is 6.18 Å². The minimum Gasteiger partial charge on any atom is -0.405 e. The number of allylic oxidation sites excluding steroid dienone is 3. The summed E-state index contributed by atoms with van der Waals surface area (Å²) in [6.07, 6.45) is 4.10. The first kappa shape index (κ1) is 21.6. The number of hydrogen-bond acceptors (Lipinski definition) is 4. The van der Waals surface area contributed by atoms with Crippen LogP contribution in [-0.4, -0.2) is 20.7 Å². The quantitative estimate of drug-likeness (QED) is 0.579. The van der Waals surface area contributed by atoms with E-state index in [1.807, 2.05) is 0 Å². The van der Waals surface area contributed by atoms with Gasteiger partial charge in [-0.05, 0) is 60.8 Å².